The molecule has 1 aromatic heterocycles. The van der Waals surface area contributed by atoms with Gasteiger partial charge in [-0.25, -0.2) is 0 Å². The van der Waals surface area contributed by atoms with Crippen LogP contribution in [0.2, 0.25) is 5.02 Å². The van der Waals surface area contributed by atoms with Gasteiger partial charge in [0.1, 0.15) is 12.4 Å². The molecule has 1 N–H and O–H groups in total. The van der Waals surface area contributed by atoms with Gasteiger partial charge in [-0.15, -0.1) is 10.2 Å². The average molecular weight is 417 g/mol. The fourth-order valence-electron chi connectivity index (χ4n) is 2.50. The Morgan fingerprint density at radius 1 is 1.18 bits per heavy atom. The minimum absolute atomic E-state index is 0.158. The number of amides is 1. The smallest absolute Gasteiger partial charge is 0.234 e. The molecule has 0 spiro atoms. The summed E-state index contributed by atoms with van der Waals surface area (Å²) in [5.41, 5.74) is 2.88. The van der Waals surface area contributed by atoms with Gasteiger partial charge in [-0.2, -0.15) is 0 Å². The summed E-state index contributed by atoms with van der Waals surface area (Å²) in [4.78, 5) is 12.2. The van der Waals surface area contributed by atoms with Crippen LogP contribution >= 0.6 is 23.4 Å². The van der Waals surface area contributed by atoms with E-state index in [2.05, 4.69) is 15.5 Å². The second-order valence-electron chi connectivity index (χ2n) is 6.26. The van der Waals surface area contributed by atoms with Crippen LogP contribution in [0.3, 0.4) is 0 Å². The monoisotopic (exact) mass is 416 g/mol. The zero-order valence-corrected chi connectivity index (χ0v) is 17.5. The Kier molecular flexibility index (Phi) is 6.59. The number of hydrogen-bond acceptors (Lipinski definition) is 5. The number of aromatic nitrogens is 3. The lowest BCUT2D eigenvalue weighted by Crippen LogP contribution is -2.14. The molecule has 0 radical (unpaired) electrons. The van der Waals surface area contributed by atoms with Crippen LogP contribution in [0.4, 0.5) is 5.69 Å². The molecule has 0 saturated carbocycles. The van der Waals surface area contributed by atoms with Crippen molar-refractivity contribution >= 4 is 35.0 Å². The van der Waals surface area contributed by atoms with E-state index in [1.54, 1.807) is 12.1 Å². The number of halogens is 1. The highest BCUT2D eigenvalue weighted by Crippen LogP contribution is 2.23. The number of carbonyl (C=O) groups excluding carboxylic acids is 1. The summed E-state index contributed by atoms with van der Waals surface area (Å²) in [6.07, 6.45) is 0. The predicted molar refractivity (Wildman–Crippen MR) is 112 cm³/mol. The number of nitrogens with zero attached hydrogens (tertiary/aromatic N) is 3. The van der Waals surface area contributed by atoms with E-state index in [1.165, 1.54) is 17.3 Å². The molecule has 28 heavy (non-hydrogen) atoms. The Morgan fingerprint density at radius 2 is 1.96 bits per heavy atom. The summed E-state index contributed by atoms with van der Waals surface area (Å²) in [5.74, 6) is 1.57. The Bertz CT molecular complexity index is 990. The van der Waals surface area contributed by atoms with Gasteiger partial charge in [0.2, 0.25) is 5.91 Å². The number of hydrogen-bond donors (Lipinski definition) is 1. The number of para-hydroxylation sites is 1. The maximum atomic E-state index is 12.2. The third kappa shape index (κ3) is 4.85. The van der Waals surface area contributed by atoms with Crippen molar-refractivity contribution in [3.63, 3.8) is 0 Å². The van der Waals surface area contributed by atoms with Crippen molar-refractivity contribution in [2.24, 2.45) is 7.05 Å². The Balaban J connectivity index is 1.56. The third-order valence-electron chi connectivity index (χ3n) is 4.32. The van der Waals surface area contributed by atoms with E-state index in [1.807, 2.05) is 55.8 Å². The molecule has 146 valence electrons. The SMILES string of the molecule is Cc1cccc(OCc2nnc(SCC(=O)Nc3ccccc3Cl)n2C)c1C. The normalized spacial score (nSPS) is 10.7. The highest BCUT2D eigenvalue weighted by atomic mass is 35.5. The molecule has 0 aliphatic heterocycles. The highest BCUT2D eigenvalue weighted by Gasteiger charge is 2.13. The predicted octanol–water partition coefficient (Wildman–Crippen LogP) is 4.40. The second-order valence-corrected chi connectivity index (χ2v) is 7.61. The number of benzene rings is 2. The van der Waals surface area contributed by atoms with Crippen LogP contribution in [0, 0.1) is 13.8 Å². The molecule has 0 bridgehead atoms. The quantitative estimate of drug-likeness (QED) is 0.578. The largest absolute Gasteiger partial charge is 0.485 e. The Morgan fingerprint density at radius 3 is 2.75 bits per heavy atom. The zero-order chi connectivity index (χ0) is 20.1. The molecule has 2 aromatic carbocycles. The van der Waals surface area contributed by atoms with Gasteiger partial charge in [0.25, 0.3) is 0 Å². The molecule has 0 atom stereocenters. The molecular weight excluding hydrogens is 396 g/mol. The summed E-state index contributed by atoms with van der Waals surface area (Å²) >= 11 is 7.37. The molecule has 0 unspecified atom stereocenters. The lowest BCUT2D eigenvalue weighted by atomic mass is 10.1. The van der Waals surface area contributed by atoms with Crippen molar-refractivity contribution in [3.8, 4) is 5.75 Å². The first kappa shape index (κ1) is 20.2. The molecule has 8 heteroatoms. The standard InChI is InChI=1S/C20H21ClN4O2S/c1-13-7-6-10-17(14(13)2)27-11-18-23-24-20(25(18)3)28-12-19(26)22-16-9-5-4-8-15(16)21/h4-10H,11-12H2,1-3H3,(H,22,26). The molecule has 0 fully saturated rings. The topological polar surface area (TPSA) is 69.0 Å². The van der Waals surface area contributed by atoms with Crippen LogP contribution in [0.5, 0.6) is 5.75 Å². The molecule has 1 heterocycles. The van der Waals surface area contributed by atoms with Crippen LogP contribution in [0.25, 0.3) is 0 Å². The van der Waals surface area contributed by atoms with E-state index in [0.29, 0.717) is 28.3 Å². The van der Waals surface area contributed by atoms with Crippen molar-refractivity contribution in [2.75, 3.05) is 11.1 Å². The first-order valence-corrected chi connectivity index (χ1v) is 10.1. The second kappa shape index (κ2) is 9.12. The summed E-state index contributed by atoms with van der Waals surface area (Å²) < 4.78 is 7.72. The van der Waals surface area contributed by atoms with Gasteiger partial charge in [0, 0.05) is 7.05 Å². The van der Waals surface area contributed by atoms with Gasteiger partial charge >= 0.3 is 0 Å². The molecule has 3 aromatic rings. The van der Waals surface area contributed by atoms with E-state index >= 15 is 0 Å². The summed E-state index contributed by atoms with van der Waals surface area (Å²) in [6, 6.07) is 13.1. The third-order valence-corrected chi connectivity index (χ3v) is 5.67. The first-order chi connectivity index (χ1) is 13.5. The van der Waals surface area contributed by atoms with Crippen molar-refractivity contribution < 1.29 is 9.53 Å². The van der Waals surface area contributed by atoms with E-state index in [0.717, 1.165) is 11.3 Å². The first-order valence-electron chi connectivity index (χ1n) is 8.70. The van der Waals surface area contributed by atoms with Gasteiger partial charge < -0.3 is 14.6 Å². The van der Waals surface area contributed by atoms with Crippen LogP contribution in [-0.2, 0) is 18.4 Å². The summed E-state index contributed by atoms with van der Waals surface area (Å²) in [6.45, 7) is 4.38. The van der Waals surface area contributed by atoms with Crippen LogP contribution < -0.4 is 10.1 Å². The number of rotatable bonds is 7. The maximum absolute atomic E-state index is 12.2. The number of aryl methyl sites for hydroxylation is 1. The molecule has 0 aliphatic carbocycles. The lowest BCUT2D eigenvalue weighted by Gasteiger charge is -2.10. The van der Waals surface area contributed by atoms with Crippen molar-refractivity contribution in [1.82, 2.24) is 14.8 Å². The van der Waals surface area contributed by atoms with Gasteiger partial charge in [-0.3, -0.25) is 4.79 Å². The number of ether oxygens (including phenoxy) is 1. The highest BCUT2D eigenvalue weighted by molar-refractivity contribution is 7.99. The number of carbonyl (C=O) groups is 1. The lowest BCUT2D eigenvalue weighted by molar-refractivity contribution is -0.113. The Hall–Kier alpha value is -2.51. The van der Waals surface area contributed by atoms with Crippen LogP contribution in [0.1, 0.15) is 17.0 Å². The summed E-state index contributed by atoms with van der Waals surface area (Å²) in [7, 11) is 1.86. The van der Waals surface area contributed by atoms with Crippen molar-refractivity contribution in [2.45, 2.75) is 25.6 Å². The average Bonchev–Trinajstić information content (AvgIpc) is 3.03. The van der Waals surface area contributed by atoms with E-state index in [4.69, 9.17) is 16.3 Å². The van der Waals surface area contributed by atoms with Gasteiger partial charge in [-0.1, -0.05) is 47.6 Å². The van der Waals surface area contributed by atoms with Gasteiger partial charge in [0.15, 0.2) is 11.0 Å². The summed E-state index contributed by atoms with van der Waals surface area (Å²) in [5, 5.41) is 12.3. The minimum atomic E-state index is -0.158. The van der Waals surface area contributed by atoms with Gasteiger partial charge in [0.05, 0.1) is 16.5 Å². The maximum Gasteiger partial charge on any atom is 0.234 e. The van der Waals surface area contributed by atoms with Crippen LogP contribution in [0.15, 0.2) is 47.6 Å². The van der Waals surface area contributed by atoms with Crippen molar-refractivity contribution in [3.05, 3.63) is 64.4 Å². The molecule has 1 amide bonds. The molecule has 6 nitrogen and oxygen atoms in total. The van der Waals surface area contributed by atoms with E-state index in [9.17, 15) is 4.79 Å². The fourth-order valence-corrected chi connectivity index (χ4v) is 3.41. The fraction of sp³-hybridized carbons (Fsp3) is 0.250. The van der Waals surface area contributed by atoms with Crippen molar-refractivity contribution in [1.29, 1.82) is 0 Å². The van der Waals surface area contributed by atoms with E-state index < -0.39 is 0 Å². The van der Waals surface area contributed by atoms with Crippen LogP contribution in [-0.4, -0.2) is 26.4 Å². The number of thioether (sulfide) groups is 1. The molecule has 0 saturated heterocycles. The van der Waals surface area contributed by atoms with E-state index in [-0.39, 0.29) is 11.7 Å². The molecule has 3 rings (SSSR count). The minimum Gasteiger partial charge on any atom is -0.485 e. The Labute approximate surface area is 173 Å². The molecule has 0 aliphatic rings. The van der Waals surface area contributed by atoms with Gasteiger partial charge in [-0.05, 0) is 43.2 Å². The number of anilines is 1. The molecular formula is C20H21ClN4O2S. The zero-order valence-electron chi connectivity index (χ0n) is 15.9. The number of nitrogens with one attached hydrogen (secondary N) is 1.